The van der Waals surface area contributed by atoms with Crippen molar-refractivity contribution in [1.29, 1.82) is 0 Å². The van der Waals surface area contributed by atoms with Crippen LogP contribution in [0.4, 0.5) is 0 Å². The summed E-state index contributed by atoms with van der Waals surface area (Å²) in [5, 5.41) is 0. The second-order valence-electron chi connectivity index (χ2n) is 1.25. The van der Waals surface area contributed by atoms with E-state index >= 15 is 0 Å². The summed E-state index contributed by atoms with van der Waals surface area (Å²) < 4.78 is 42.6. The van der Waals surface area contributed by atoms with Crippen molar-refractivity contribution < 1.29 is 70.3 Å². The van der Waals surface area contributed by atoms with Gasteiger partial charge >= 0.3 is 48.9 Å². The fraction of sp³-hybridized carbons (Fsp3) is 0. The van der Waals surface area contributed by atoms with Crippen molar-refractivity contribution >= 4 is 94.7 Å². The van der Waals surface area contributed by atoms with Gasteiger partial charge in [0.05, 0.1) is 0 Å². The summed E-state index contributed by atoms with van der Waals surface area (Å²) in [7, 11) is -18.1. The maximum atomic E-state index is 8.52. The van der Waals surface area contributed by atoms with Crippen LogP contribution in [0.15, 0.2) is 0 Å². The molecule has 0 aromatic carbocycles. The molecule has 0 aromatic heterocycles. The molecule has 0 spiro atoms. The summed E-state index contributed by atoms with van der Waals surface area (Å²) in [5.41, 5.74) is 0. The molecular formula is O15Sb2Si5. The molecule has 0 aliphatic carbocycles. The maximum Gasteiger partial charge on any atom is 5.00 e. The van der Waals surface area contributed by atoms with Crippen LogP contribution in [0, 0.1) is 0 Å². The minimum absolute atomic E-state index is 0. The molecule has 15 nitrogen and oxygen atoms in total. The van der Waals surface area contributed by atoms with Crippen molar-refractivity contribution in [2.24, 2.45) is 0 Å². The molecule has 0 saturated heterocycles. The van der Waals surface area contributed by atoms with Crippen molar-refractivity contribution in [2.45, 2.75) is 0 Å². The van der Waals surface area contributed by atoms with E-state index in [9.17, 15) is 0 Å². The van der Waals surface area contributed by atoms with Gasteiger partial charge in [-0.25, -0.2) is 0 Å². The van der Waals surface area contributed by atoms with Gasteiger partial charge in [-0.2, -0.15) is 0 Å². The zero-order valence-electron chi connectivity index (χ0n) is 9.52. The first kappa shape index (κ1) is 43.0. The van der Waals surface area contributed by atoms with E-state index in [2.05, 4.69) is 0 Å². The predicted octanol–water partition coefficient (Wildman–Crippen LogP) is -15.1. The Balaban J connectivity index is -0.0000000250. The van der Waals surface area contributed by atoms with E-state index in [0.29, 0.717) is 0 Å². The SMILES string of the molecule is O=[Si]([O-])[O-].O=[Si]([O-])[O-].O=[Si]([O-])[O-].O=[Si]([O-])[O-].O=[Si]([O-])[O-].[Sb+5].[Sb+5]. The van der Waals surface area contributed by atoms with Crippen LogP contribution in [-0.4, -0.2) is 94.7 Å². The van der Waals surface area contributed by atoms with E-state index in [4.69, 9.17) is 70.3 Å². The maximum absolute atomic E-state index is 8.52. The van der Waals surface area contributed by atoms with Gasteiger partial charge in [-0.1, -0.05) is 0 Å². The summed E-state index contributed by atoms with van der Waals surface area (Å²) in [6, 6.07) is 0. The van der Waals surface area contributed by atoms with Gasteiger partial charge < -0.3 is 70.3 Å². The van der Waals surface area contributed by atoms with Gasteiger partial charge in [-0.05, 0) is 0 Å². The monoisotopic (exact) mass is 622 g/mol. The Morgan fingerprint density at radius 2 is 0.318 bits per heavy atom. The van der Waals surface area contributed by atoms with Gasteiger partial charge in [0, 0.05) is 45.9 Å². The normalized spacial score (nSPS) is 5.45. The third-order valence-electron chi connectivity index (χ3n) is 0. The molecule has 0 radical (unpaired) electrons. The number of hydrogen-bond donors (Lipinski definition) is 0. The molecule has 0 aliphatic heterocycles. The molecular weight excluding hydrogens is 624 g/mol. The third-order valence-corrected chi connectivity index (χ3v) is 0. The molecule has 0 saturated carbocycles. The molecule has 0 heterocycles. The molecule has 120 valence electrons. The van der Waals surface area contributed by atoms with Gasteiger partial charge in [0.1, 0.15) is 0 Å². The largest absolute Gasteiger partial charge is 5.00 e. The zero-order valence-corrected chi connectivity index (χ0v) is 19.6. The minimum atomic E-state index is -3.63. The van der Waals surface area contributed by atoms with Crippen LogP contribution in [0.25, 0.3) is 0 Å². The molecule has 0 bridgehead atoms. The molecule has 0 N–H and O–H groups in total. The Labute approximate surface area is 164 Å². The van der Waals surface area contributed by atoms with E-state index in [0.717, 1.165) is 0 Å². The first-order chi connectivity index (χ1) is 8.66. The number of rotatable bonds is 0. The van der Waals surface area contributed by atoms with Crippen LogP contribution < -0.4 is 48.0 Å². The van der Waals surface area contributed by atoms with Gasteiger partial charge in [0.25, 0.3) is 0 Å². The molecule has 0 amide bonds. The summed E-state index contributed by atoms with van der Waals surface area (Å²) >= 11 is 0. The smallest absolute Gasteiger partial charge is 0.672 e. The fourth-order valence-electron chi connectivity index (χ4n) is 0. The van der Waals surface area contributed by atoms with Gasteiger partial charge in [-0.15, -0.1) is 0 Å². The van der Waals surface area contributed by atoms with E-state index < -0.39 is 45.9 Å². The molecule has 0 unspecified atom stereocenters. The van der Waals surface area contributed by atoms with Crippen molar-refractivity contribution in [3.05, 3.63) is 0 Å². The average Bonchev–Trinajstić information content (AvgIpc) is 1.94. The standard InChI is InChI=1S/5O3Si.2Sb/c5*1-4(2)3;;/q5*-2;2*+5. The minimum Gasteiger partial charge on any atom is -0.672 e. The molecule has 0 aromatic rings. The van der Waals surface area contributed by atoms with Gasteiger partial charge in [0.2, 0.25) is 0 Å². The van der Waals surface area contributed by atoms with Crippen molar-refractivity contribution in [3.63, 3.8) is 0 Å². The second-order valence-corrected chi connectivity index (χ2v) is 3.75. The number of hydrogen-bond acceptors (Lipinski definition) is 15. The third kappa shape index (κ3) is 88600. The summed E-state index contributed by atoms with van der Waals surface area (Å²) in [6.45, 7) is 0. The Hall–Kier alpha value is -0.279. The van der Waals surface area contributed by atoms with Crippen molar-refractivity contribution in [2.75, 3.05) is 0 Å². The van der Waals surface area contributed by atoms with E-state index in [1.165, 1.54) is 0 Å². The Bertz CT molecular complexity index is 211. The Kier molecular flexibility index (Phi) is 72.7. The second kappa shape index (κ2) is 37.2. The van der Waals surface area contributed by atoms with Gasteiger partial charge in [-0.3, -0.25) is 0 Å². The van der Waals surface area contributed by atoms with Crippen LogP contribution in [0.1, 0.15) is 0 Å². The zero-order chi connectivity index (χ0) is 17.9. The van der Waals surface area contributed by atoms with Gasteiger partial charge in [0.15, 0.2) is 0 Å². The molecule has 0 rings (SSSR count). The summed E-state index contributed by atoms with van der Waals surface area (Å²) in [4.78, 5) is 85.2. The quantitative estimate of drug-likeness (QED) is 0.226. The first-order valence-corrected chi connectivity index (χ1v) is 9.19. The van der Waals surface area contributed by atoms with E-state index in [-0.39, 0.29) is 48.9 Å². The van der Waals surface area contributed by atoms with Crippen LogP contribution in [0.2, 0.25) is 0 Å². The van der Waals surface area contributed by atoms with Crippen LogP contribution in [0.3, 0.4) is 0 Å². The predicted molar refractivity (Wildman–Crippen MR) is 43.7 cm³/mol. The Morgan fingerprint density at radius 1 is 0.318 bits per heavy atom. The topological polar surface area (TPSA) is 316 Å². The van der Waals surface area contributed by atoms with E-state index in [1.807, 2.05) is 0 Å². The first-order valence-electron chi connectivity index (χ1n) is 3.06. The van der Waals surface area contributed by atoms with Crippen LogP contribution in [-0.2, 0) is 22.3 Å². The fourth-order valence-corrected chi connectivity index (χ4v) is 0. The van der Waals surface area contributed by atoms with E-state index in [1.54, 1.807) is 0 Å². The van der Waals surface area contributed by atoms with Crippen molar-refractivity contribution in [3.8, 4) is 0 Å². The molecule has 0 fully saturated rings. The summed E-state index contributed by atoms with van der Waals surface area (Å²) in [5.74, 6) is 0. The average molecular weight is 624 g/mol. The van der Waals surface area contributed by atoms with Crippen molar-refractivity contribution in [1.82, 2.24) is 0 Å². The molecule has 0 aliphatic rings. The molecule has 22 heteroatoms. The summed E-state index contributed by atoms with van der Waals surface area (Å²) in [6.07, 6.45) is 0. The molecule has 0 atom stereocenters. The van der Waals surface area contributed by atoms with Crippen LogP contribution in [0.5, 0.6) is 0 Å². The Morgan fingerprint density at radius 3 is 0.318 bits per heavy atom. The van der Waals surface area contributed by atoms with Crippen LogP contribution >= 0.6 is 0 Å². The molecule has 22 heavy (non-hydrogen) atoms.